The van der Waals surface area contributed by atoms with E-state index in [0.717, 1.165) is 34.9 Å². The molecule has 2 aromatic heterocycles. The van der Waals surface area contributed by atoms with Crippen molar-refractivity contribution in [1.29, 1.82) is 0 Å². The highest BCUT2D eigenvalue weighted by molar-refractivity contribution is 7.98. The molecule has 7 heteroatoms. The molecular weight excluding hydrogens is 418 g/mol. The number of thioether (sulfide) groups is 1. The molecule has 0 spiro atoms. The lowest BCUT2D eigenvalue weighted by molar-refractivity contribution is -0.120. The molecule has 1 unspecified atom stereocenters. The quantitative estimate of drug-likeness (QED) is 0.393. The van der Waals surface area contributed by atoms with Crippen molar-refractivity contribution in [1.82, 2.24) is 19.9 Å². The number of rotatable bonds is 10. The number of para-hydroxylation sites is 1. The normalized spacial score (nSPS) is 11.9. The van der Waals surface area contributed by atoms with Crippen molar-refractivity contribution in [3.63, 3.8) is 0 Å². The summed E-state index contributed by atoms with van der Waals surface area (Å²) in [6.45, 7) is 0.910. The lowest BCUT2D eigenvalue weighted by Crippen LogP contribution is -2.39. The van der Waals surface area contributed by atoms with E-state index in [4.69, 9.17) is 0 Å². The monoisotopic (exact) mass is 445 g/mol. The molecule has 2 aromatic carbocycles. The fourth-order valence-electron chi connectivity index (χ4n) is 3.69. The molecule has 6 nitrogen and oxygen atoms in total. The lowest BCUT2D eigenvalue weighted by atomic mass is 10.2. The van der Waals surface area contributed by atoms with Crippen molar-refractivity contribution in [3.05, 3.63) is 96.4 Å². The van der Waals surface area contributed by atoms with Crippen LogP contribution in [0.3, 0.4) is 0 Å². The van der Waals surface area contributed by atoms with Crippen LogP contribution in [-0.2, 0) is 11.3 Å². The first-order chi connectivity index (χ1) is 15.7. The molecule has 1 atom stereocenters. The van der Waals surface area contributed by atoms with Gasteiger partial charge >= 0.3 is 0 Å². The molecule has 164 valence electrons. The van der Waals surface area contributed by atoms with Crippen LogP contribution in [-0.4, -0.2) is 39.1 Å². The minimum absolute atomic E-state index is 0.0384. The van der Waals surface area contributed by atoms with E-state index in [2.05, 4.69) is 38.8 Å². The van der Waals surface area contributed by atoms with Crippen molar-refractivity contribution < 1.29 is 4.79 Å². The minimum Gasteiger partial charge on any atom is -0.358 e. The second-order valence-electron chi connectivity index (χ2n) is 7.57. The number of nitrogens with zero attached hydrogens (tertiary/aromatic N) is 4. The molecule has 0 saturated heterocycles. The third kappa shape index (κ3) is 5.48. The van der Waals surface area contributed by atoms with Gasteiger partial charge in [-0.2, -0.15) is 11.8 Å². The van der Waals surface area contributed by atoms with Crippen LogP contribution in [0, 0.1) is 0 Å². The van der Waals surface area contributed by atoms with Crippen molar-refractivity contribution in [2.24, 2.45) is 0 Å². The van der Waals surface area contributed by atoms with Gasteiger partial charge in [0, 0.05) is 18.4 Å². The van der Waals surface area contributed by atoms with Crippen molar-refractivity contribution in [2.75, 3.05) is 23.5 Å². The predicted molar refractivity (Wildman–Crippen MR) is 131 cm³/mol. The third-order valence-corrected chi connectivity index (χ3v) is 5.91. The van der Waals surface area contributed by atoms with Gasteiger partial charge in [0.05, 0.1) is 12.6 Å². The van der Waals surface area contributed by atoms with Gasteiger partial charge in [-0.15, -0.1) is 10.2 Å². The summed E-state index contributed by atoms with van der Waals surface area (Å²) in [5.74, 6) is 1.64. The Kier molecular flexibility index (Phi) is 7.40. The SMILES string of the molecule is CSCCC(NC(=O)CN(Cc1ccccc1)c1ccccc1)c1nnc2ccccn12. The molecule has 0 aliphatic rings. The topological polar surface area (TPSA) is 62.5 Å². The molecule has 0 aliphatic heterocycles. The summed E-state index contributed by atoms with van der Waals surface area (Å²) in [6, 6.07) is 25.8. The summed E-state index contributed by atoms with van der Waals surface area (Å²) < 4.78 is 1.95. The first-order valence-corrected chi connectivity index (χ1v) is 12.1. The zero-order chi connectivity index (χ0) is 22.2. The molecule has 2 heterocycles. The molecule has 0 aliphatic carbocycles. The fourth-order valence-corrected chi connectivity index (χ4v) is 4.16. The Balaban J connectivity index is 1.53. The van der Waals surface area contributed by atoms with Crippen LogP contribution in [0.1, 0.15) is 23.9 Å². The summed E-state index contributed by atoms with van der Waals surface area (Å²) in [4.78, 5) is 15.3. The van der Waals surface area contributed by atoms with Crippen LogP contribution in [0.2, 0.25) is 0 Å². The molecule has 1 amide bonds. The van der Waals surface area contributed by atoms with Crippen LogP contribution in [0.5, 0.6) is 0 Å². The Hall–Kier alpha value is -3.32. The van der Waals surface area contributed by atoms with E-state index in [0.29, 0.717) is 6.54 Å². The average molecular weight is 446 g/mol. The highest BCUT2D eigenvalue weighted by Gasteiger charge is 2.21. The van der Waals surface area contributed by atoms with Crippen LogP contribution in [0.15, 0.2) is 85.1 Å². The number of hydrogen-bond acceptors (Lipinski definition) is 5. The number of nitrogens with one attached hydrogen (secondary N) is 1. The molecule has 4 aromatic rings. The van der Waals surface area contributed by atoms with E-state index in [1.807, 2.05) is 77.3 Å². The van der Waals surface area contributed by atoms with Gasteiger partial charge in [0.25, 0.3) is 0 Å². The Bertz CT molecular complexity index is 1130. The molecule has 1 N–H and O–H groups in total. The number of aromatic nitrogens is 3. The molecule has 4 rings (SSSR count). The number of amides is 1. The lowest BCUT2D eigenvalue weighted by Gasteiger charge is -2.26. The number of carbonyl (C=O) groups excluding carboxylic acids is 1. The van der Waals surface area contributed by atoms with Crippen LogP contribution in [0.4, 0.5) is 5.69 Å². The third-order valence-electron chi connectivity index (χ3n) is 5.27. The number of anilines is 1. The molecule has 0 radical (unpaired) electrons. The maximum Gasteiger partial charge on any atom is 0.240 e. The van der Waals surface area contributed by atoms with Crippen LogP contribution in [0.25, 0.3) is 5.65 Å². The maximum atomic E-state index is 13.2. The van der Waals surface area contributed by atoms with Crippen LogP contribution < -0.4 is 10.2 Å². The van der Waals surface area contributed by atoms with E-state index in [1.54, 1.807) is 11.8 Å². The Labute approximate surface area is 192 Å². The van der Waals surface area contributed by atoms with E-state index in [1.165, 1.54) is 0 Å². The maximum absolute atomic E-state index is 13.2. The van der Waals surface area contributed by atoms with Gasteiger partial charge in [0.2, 0.25) is 5.91 Å². The summed E-state index contributed by atoms with van der Waals surface area (Å²) in [7, 11) is 0. The standard InChI is InChI=1S/C25H27N5OS/c1-32-17-15-22(25-28-27-23-14-8-9-16-30(23)25)26-24(31)19-29(21-12-6-3-7-13-21)18-20-10-4-2-5-11-20/h2-14,16,22H,15,17-19H2,1H3,(H,26,31). The Morgan fingerprint density at radius 2 is 1.72 bits per heavy atom. The number of fused-ring (bicyclic) bond motifs is 1. The number of benzene rings is 2. The summed E-state index contributed by atoms with van der Waals surface area (Å²) in [6.07, 6.45) is 4.79. The molecule has 32 heavy (non-hydrogen) atoms. The zero-order valence-corrected chi connectivity index (χ0v) is 18.9. The van der Waals surface area contributed by atoms with E-state index < -0.39 is 0 Å². The fraction of sp³-hybridized carbons (Fsp3) is 0.240. The van der Waals surface area contributed by atoms with Gasteiger partial charge in [-0.3, -0.25) is 9.20 Å². The number of hydrogen-bond donors (Lipinski definition) is 1. The zero-order valence-electron chi connectivity index (χ0n) is 18.1. The largest absolute Gasteiger partial charge is 0.358 e. The van der Waals surface area contributed by atoms with Gasteiger partial charge in [0.1, 0.15) is 0 Å². The van der Waals surface area contributed by atoms with E-state index in [-0.39, 0.29) is 18.5 Å². The highest BCUT2D eigenvalue weighted by atomic mass is 32.2. The Morgan fingerprint density at radius 1 is 1.00 bits per heavy atom. The van der Waals surface area contributed by atoms with Gasteiger partial charge in [-0.25, -0.2) is 0 Å². The Morgan fingerprint density at radius 3 is 2.47 bits per heavy atom. The average Bonchev–Trinajstić information content (AvgIpc) is 3.27. The van der Waals surface area contributed by atoms with Crippen LogP contribution >= 0.6 is 11.8 Å². The highest BCUT2D eigenvalue weighted by Crippen LogP contribution is 2.20. The van der Waals surface area contributed by atoms with Crippen molar-refractivity contribution in [3.8, 4) is 0 Å². The molecule has 0 bridgehead atoms. The smallest absolute Gasteiger partial charge is 0.240 e. The van der Waals surface area contributed by atoms with Gasteiger partial charge in [-0.1, -0.05) is 54.6 Å². The van der Waals surface area contributed by atoms with Gasteiger partial charge < -0.3 is 10.2 Å². The second-order valence-corrected chi connectivity index (χ2v) is 8.55. The van der Waals surface area contributed by atoms with E-state index >= 15 is 0 Å². The summed E-state index contributed by atoms with van der Waals surface area (Å²) in [5.41, 5.74) is 2.95. The molecular formula is C25H27N5OS. The second kappa shape index (κ2) is 10.8. The van der Waals surface area contributed by atoms with Crippen molar-refractivity contribution in [2.45, 2.75) is 19.0 Å². The van der Waals surface area contributed by atoms with Gasteiger partial charge in [-0.05, 0) is 48.3 Å². The predicted octanol–water partition coefficient (Wildman–Crippen LogP) is 4.35. The van der Waals surface area contributed by atoms with Crippen molar-refractivity contribution >= 4 is 29.0 Å². The first kappa shape index (κ1) is 21.9. The minimum atomic E-state index is -0.207. The summed E-state index contributed by atoms with van der Waals surface area (Å²) >= 11 is 1.75. The van der Waals surface area contributed by atoms with E-state index in [9.17, 15) is 4.79 Å². The molecule has 0 fully saturated rings. The first-order valence-electron chi connectivity index (χ1n) is 10.7. The van der Waals surface area contributed by atoms with Gasteiger partial charge in [0.15, 0.2) is 11.5 Å². The molecule has 0 saturated carbocycles. The number of carbonyl (C=O) groups is 1. The number of pyridine rings is 1. The summed E-state index contributed by atoms with van der Waals surface area (Å²) in [5, 5.41) is 11.9.